The number of sulfonamides is 1. The van der Waals surface area contributed by atoms with Crippen LogP contribution in [-0.2, 0) is 19.6 Å². The Labute approximate surface area is 124 Å². The number of ether oxygens (including phenoxy) is 1. The van der Waals surface area contributed by atoms with Gasteiger partial charge in [-0.1, -0.05) is 6.92 Å². The molecule has 0 radical (unpaired) electrons. The first-order chi connectivity index (χ1) is 9.90. The van der Waals surface area contributed by atoms with Crippen LogP contribution in [0.2, 0.25) is 0 Å². The van der Waals surface area contributed by atoms with Crippen molar-refractivity contribution in [3.05, 3.63) is 29.8 Å². The Kier molecular flexibility index (Phi) is 4.30. The second kappa shape index (κ2) is 5.84. The van der Waals surface area contributed by atoms with Crippen LogP contribution < -0.4 is 0 Å². The summed E-state index contributed by atoms with van der Waals surface area (Å²) in [6.45, 7) is 2.23. The molecule has 1 heterocycles. The minimum absolute atomic E-state index is 0.0920. The minimum Gasteiger partial charge on any atom is -0.469 e. The monoisotopic (exact) mass is 308 g/mol. The largest absolute Gasteiger partial charge is 0.469 e. The number of nitrogens with zero attached hydrogens (tertiary/aromatic N) is 2. The summed E-state index contributed by atoms with van der Waals surface area (Å²) in [7, 11) is -2.36. The fourth-order valence-electron chi connectivity index (χ4n) is 2.43. The molecule has 1 aromatic carbocycles. The predicted molar refractivity (Wildman–Crippen MR) is 74.6 cm³/mol. The number of carbonyl (C=O) groups excluding carboxylic acids is 1. The van der Waals surface area contributed by atoms with E-state index in [0.29, 0.717) is 5.56 Å². The second-order valence-corrected chi connectivity index (χ2v) is 7.00. The van der Waals surface area contributed by atoms with Gasteiger partial charge in [0.05, 0.1) is 29.6 Å². The third-order valence-corrected chi connectivity index (χ3v) is 5.55. The van der Waals surface area contributed by atoms with E-state index in [2.05, 4.69) is 0 Å². The number of rotatable bonds is 3. The number of methoxy groups -OCH3 is 1. The van der Waals surface area contributed by atoms with Crippen LogP contribution in [0.3, 0.4) is 0 Å². The third kappa shape index (κ3) is 2.91. The summed E-state index contributed by atoms with van der Waals surface area (Å²) in [6.07, 6.45) is 0. The zero-order valence-corrected chi connectivity index (χ0v) is 12.6. The Morgan fingerprint density at radius 3 is 2.48 bits per heavy atom. The van der Waals surface area contributed by atoms with Gasteiger partial charge in [0.15, 0.2) is 0 Å². The Balaban J connectivity index is 2.24. The van der Waals surface area contributed by atoms with Gasteiger partial charge in [-0.3, -0.25) is 4.79 Å². The molecular weight excluding hydrogens is 292 g/mol. The Hall–Kier alpha value is -1.91. The zero-order valence-electron chi connectivity index (χ0n) is 11.8. The van der Waals surface area contributed by atoms with Crippen LogP contribution >= 0.6 is 0 Å². The van der Waals surface area contributed by atoms with Gasteiger partial charge in [0.25, 0.3) is 0 Å². The highest BCUT2D eigenvalue weighted by molar-refractivity contribution is 7.89. The lowest BCUT2D eigenvalue weighted by atomic mass is 9.99. The fourth-order valence-corrected chi connectivity index (χ4v) is 3.99. The van der Waals surface area contributed by atoms with Gasteiger partial charge in [-0.25, -0.2) is 8.42 Å². The molecule has 0 bridgehead atoms. The van der Waals surface area contributed by atoms with Gasteiger partial charge in [0.2, 0.25) is 10.0 Å². The molecule has 7 heteroatoms. The molecule has 112 valence electrons. The lowest BCUT2D eigenvalue weighted by Gasteiger charge is -2.16. The first kappa shape index (κ1) is 15.5. The van der Waals surface area contributed by atoms with Gasteiger partial charge in [0, 0.05) is 13.1 Å². The highest BCUT2D eigenvalue weighted by atomic mass is 32.2. The molecule has 0 amide bonds. The third-order valence-electron chi connectivity index (χ3n) is 3.70. The number of benzene rings is 1. The molecule has 0 N–H and O–H groups in total. The van der Waals surface area contributed by atoms with Crippen molar-refractivity contribution in [2.75, 3.05) is 20.2 Å². The van der Waals surface area contributed by atoms with Crippen LogP contribution in [0.4, 0.5) is 0 Å². The maximum absolute atomic E-state index is 12.5. The molecule has 2 atom stereocenters. The van der Waals surface area contributed by atoms with Crippen molar-refractivity contribution in [2.24, 2.45) is 11.8 Å². The highest BCUT2D eigenvalue weighted by Crippen LogP contribution is 2.29. The molecule has 0 aliphatic carbocycles. The molecule has 0 aromatic heterocycles. The van der Waals surface area contributed by atoms with E-state index in [0.717, 1.165) is 0 Å². The van der Waals surface area contributed by atoms with Gasteiger partial charge in [-0.05, 0) is 30.2 Å². The molecule has 1 aliphatic heterocycles. The van der Waals surface area contributed by atoms with Crippen LogP contribution in [0, 0.1) is 23.2 Å². The minimum atomic E-state index is -3.66. The summed E-state index contributed by atoms with van der Waals surface area (Å²) in [5, 5.41) is 8.74. The van der Waals surface area contributed by atoms with Crippen molar-refractivity contribution in [1.82, 2.24) is 4.31 Å². The molecule has 2 unspecified atom stereocenters. The summed E-state index contributed by atoms with van der Waals surface area (Å²) in [5.74, 6) is -0.922. The van der Waals surface area contributed by atoms with E-state index in [-0.39, 0.29) is 29.9 Å². The summed E-state index contributed by atoms with van der Waals surface area (Å²) in [6, 6.07) is 7.68. The van der Waals surface area contributed by atoms with E-state index in [1.807, 2.05) is 13.0 Å². The second-order valence-electron chi connectivity index (χ2n) is 5.07. The lowest BCUT2D eigenvalue weighted by Crippen LogP contribution is -2.30. The molecule has 21 heavy (non-hydrogen) atoms. The quantitative estimate of drug-likeness (QED) is 0.777. The summed E-state index contributed by atoms with van der Waals surface area (Å²) in [4.78, 5) is 11.8. The Bertz CT molecular complexity index is 676. The van der Waals surface area contributed by atoms with Crippen molar-refractivity contribution in [3.8, 4) is 6.07 Å². The summed E-state index contributed by atoms with van der Waals surface area (Å²) in [5.41, 5.74) is 0.399. The molecule has 2 rings (SSSR count). The van der Waals surface area contributed by atoms with Crippen molar-refractivity contribution in [1.29, 1.82) is 5.26 Å². The van der Waals surface area contributed by atoms with Crippen LogP contribution in [0.25, 0.3) is 0 Å². The standard InChI is InChI=1S/C14H16N2O4S/c1-10-8-16(9-13(10)14(17)20-2)21(18,19)12-5-3-11(7-15)4-6-12/h3-6,10,13H,8-9H2,1-2H3. The molecule has 1 aliphatic rings. The summed E-state index contributed by atoms with van der Waals surface area (Å²) < 4.78 is 31.1. The predicted octanol–water partition coefficient (Wildman–Crippen LogP) is 0.988. The first-order valence-corrected chi connectivity index (χ1v) is 7.92. The van der Waals surface area contributed by atoms with Crippen LogP contribution in [0.15, 0.2) is 29.2 Å². The molecule has 0 saturated carbocycles. The average Bonchev–Trinajstić information content (AvgIpc) is 2.89. The molecule has 1 saturated heterocycles. The van der Waals surface area contributed by atoms with E-state index in [1.165, 1.54) is 35.7 Å². The average molecular weight is 308 g/mol. The summed E-state index contributed by atoms with van der Waals surface area (Å²) >= 11 is 0. The molecule has 1 fully saturated rings. The van der Waals surface area contributed by atoms with Gasteiger partial charge in [-0.15, -0.1) is 0 Å². The van der Waals surface area contributed by atoms with Crippen molar-refractivity contribution in [2.45, 2.75) is 11.8 Å². The molecular formula is C14H16N2O4S. The van der Waals surface area contributed by atoms with E-state index in [9.17, 15) is 13.2 Å². The highest BCUT2D eigenvalue weighted by Gasteiger charge is 2.41. The fraction of sp³-hybridized carbons (Fsp3) is 0.429. The van der Waals surface area contributed by atoms with Crippen LogP contribution in [0.1, 0.15) is 12.5 Å². The number of hydrogen-bond donors (Lipinski definition) is 0. The van der Waals surface area contributed by atoms with Crippen molar-refractivity contribution >= 4 is 16.0 Å². The lowest BCUT2D eigenvalue weighted by molar-refractivity contribution is -0.145. The van der Waals surface area contributed by atoms with E-state index in [4.69, 9.17) is 10.00 Å². The van der Waals surface area contributed by atoms with Gasteiger partial charge < -0.3 is 4.74 Å². The number of carbonyl (C=O) groups is 1. The number of esters is 1. The molecule has 0 spiro atoms. The number of nitriles is 1. The molecule has 1 aromatic rings. The van der Waals surface area contributed by atoms with Gasteiger partial charge >= 0.3 is 5.97 Å². The van der Waals surface area contributed by atoms with Gasteiger partial charge in [-0.2, -0.15) is 9.57 Å². The van der Waals surface area contributed by atoms with E-state index >= 15 is 0 Å². The Morgan fingerprint density at radius 1 is 1.33 bits per heavy atom. The zero-order chi connectivity index (χ0) is 15.6. The molecule has 6 nitrogen and oxygen atoms in total. The first-order valence-electron chi connectivity index (χ1n) is 6.48. The van der Waals surface area contributed by atoms with Crippen molar-refractivity contribution < 1.29 is 17.9 Å². The van der Waals surface area contributed by atoms with E-state index in [1.54, 1.807) is 0 Å². The Morgan fingerprint density at radius 2 is 1.95 bits per heavy atom. The SMILES string of the molecule is COC(=O)C1CN(S(=O)(=O)c2ccc(C#N)cc2)CC1C. The normalized spacial score (nSPS) is 22.7. The van der Waals surface area contributed by atoms with Crippen LogP contribution in [-0.4, -0.2) is 38.9 Å². The van der Waals surface area contributed by atoms with Crippen LogP contribution in [0.5, 0.6) is 0 Å². The van der Waals surface area contributed by atoms with Crippen molar-refractivity contribution in [3.63, 3.8) is 0 Å². The number of hydrogen-bond acceptors (Lipinski definition) is 5. The van der Waals surface area contributed by atoms with E-state index < -0.39 is 15.9 Å². The topological polar surface area (TPSA) is 87.5 Å². The smallest absolute Gasteiger partial charge is 0.310 e. The maximum atomic E-state index is 12.5. The van der Waals surface area contributed by atoms with Gasteiger partial charge in [0.1, 0.15) is 0 Å². The maximum Gasteiger partial charge on any atom is 0.310 e.